The number of Topliss-reactive ketones (excluding diaryl/α,β-unsaturated/α-hetero) is 1. The van der Waals surface area contributed by atoms with Gasteiger partial charge in [0.15, 0.2) is 5.78 Å². The Kier molecular flexibility index (Phi) is 4.22. The Morgan fingerprint density at radius 3 is 2.00 bits per heavy atom. The fourth-order valence-corrected chi connectivity index (χ4v) is 0.805. The molecular weight excluding hydrogens is 192 g/mol. The van der Waals surface area contributed by atoms with Gasteiger partial charge in [-0.2, -0.15) is 5.26 Å². The summed E-state index contributed by atoms with van der Waals surface area (Å²) in [5.74, 6) is -0.677. The lowest BCUT2D eigenvalue weighted by Crippen LogP contribution is -2.25. The summed E-state index contributed by atoms with van der Waals surface area (Å²) >= 11 is 0. The Balaban J connectivity index is 5.05. The molecule has 0 aromatic rings. The minimum absolute atomic E-state index is 0.0961. The fourth-order valence-electron chi connectivity index (χ4n) is 0.805. The van der Waals surface area contributed by atoms with Crippen LogP contribution < -0.4 is 0 Å². The molecule has 0 bridgehead atoms. The molecular formula is C11H16N2O2. The second-order valence-corrected chi connectivity index (χ2v) is 4.48. The molecule has 0 radical (unpaired) electrons. The summed E-state index contributed by atoms with van der Waals surface area (Å²) in [6.07, 6.45) is 1.08. The van der Waals surface area contributed by atoms with Crippen LogP contribution in [0.5, 0.6) is 0 Å². The van der Waals surface area contributed by atoms with Crippen LogP contribution in [0.4, 0.5) is 0 Å². The summed E-state index contributed by atoms with van der Waals surface area (Å²) in [6.45, 7) is 5.13. The maximum atomic E-state index is 11.7. The van der Waals surface area contributed by atoms with E-state index in [0.717, 1.165) is 6.08 Å². The number of nitriles is 1. The van der Waals surface area contributed by atoms with Crippen molar-refractivity contribution in [1.29, 1.82) is 5.26 Å². The van der Waals surface area contributed by atoms with Crippen molar-refractivity contribution >= 4 is 11.7 Å². The van der Waals surface area contributed by atoms with E-state index in [9.17, 15) is 9.59 Å². The molecule has 0 aromatic carbocycles. The van der Waals surface area contributed by atoms with E-state index in [4.69, 9.17) is 5.26 Å². The largest absolute Gasteiger partial charge is 0.345 e. The lowest BCUT2D eigenvalue weighted by molar-refractivity contribution is -0.125. The van der Waals surface area contributed by atoms with Crippen LogP contribution in [0.15, 0.2) is 11.6 Å². The molecule has 0 aromatic heterocycles. The summed E-state index contributed by atoms with van der Waals surface area (Å²) < 4.78 is 0. The van der Waals surface area contributed by atoms with Gasteiger partial charge in [0.1, 0.15) is 11.6 Å². The molecule has 4 heteroatoms. The lowest BCUT2D eigenvalue weighted by atomic mass is 9.86. The van der Waals surface area contributed by atoms with Gasteiger partial charge >= 0.3 is 0 Å². The highest BCUT2D eigenvalue weighted by molar-refractivity contribution is 6.07. The standard InChI is InChI=1S/C11H16N2O2/c1-11(2,3)10(15)8(7-12)6-9(14)13(4)5/h6H,1-5H3/b8-6-. The van der Waals surface area contributed by atoms with Crippen LogP contribution in [-0.2, 0) is 9.59 Å². The summed E-state index contributed by atoms with van der Waals surface area (Å²) in [6, 6.07) is 1.76. The van der Waals surface area contributed by atoms with Gasteiger partial charge in [-0.15, -0.1) is 0 Å². The molecule has 0 fully saturated rings. The lowest BCUT2D eigenvalue weighted by Gasteiger charge is -2.15. The van der Waals surface area contributed by atoms with Crippen molar-refractivity contribution in [2.45, 2.75) is 20.8 Å². The molecule has 0 heterocycles. The first-order valence-electron chi connectivity index (χ1n) is 4.58. The zero-order chi connectivity index (χ0) is 12.2. The van der Waals surface area contributed by atoms with Crippen LogP contribution >= 0.6 is 0 Å². The van der Waals surface area contributed by atoms with Crippen LogP contribution in [0.25, 0.3) is 0 Å². The average Bonchev–Trinajstić information content (AvgIpc) is 2.10. The Bertz CT molecular complexity index is 341. The van der Waals surface area contributed by atoms with Gasteiger partial charge in [-0.3, -0.25) is 9.59 Å². The smallest absolute Gasteiger partial charge is 0.247 e. The molecule has 0 unspecified atom stereocenters. The molecule has 0 spiro atoms. The second-order valence-electron chi connectivity index (χ2n) is 4.48. The second kappa shape index (κ2) is 4.74. The third-order valence-electron chi connectivity index (χ3n) is 1.75. The monoisotopic (exact) mass is 208 g/mol. The Hall–Kier alpha value is -1.63. The molecule has 0 saturated carbocycles. The molecule has 0 N–H and O–H groups in total. The highest BCUT2D eigenvalue weighted by Gasteiger charge is 2.25. The maximum absolute atomic E-state index is 11.7. The van der Waals surface area contributed by atoms with Crippen LogP contribution in [0.2, 0.25) is 0 Å². The van der Waals surface area contributed by atoms with Crippen molar-refractivity contribution in [2.75, 3.05) is 14.1 Å². The van der Waals surface area contributed by atoms with Crippen LogP contribution in [-0.4, -0.2) is 30.7 Å². The summed E-state index contributed by atoms with van der Waals surface area (Å²) in [7, 11) is 3.13. The molecule has 0 atom stereocenters. The number of carbonyl (C=O) groups is 2. The fraction of sp³-hybridized carbons (Fsp3) is 0.545. The van der Waals surface area contributed by atoms with Gasteiger partial charge in [0.2, 0.25) is 5.91 Å². The normalized spacial score (nSPS) is 11.9. The molecule has 0 aliphatic carbocycles. The van der Waals surface area contributed by atoms with E-state index < -0.39 is 5.41 Å². The van der Waals surface area contributed by atoms with Crippen LogP contribution in [0.3, 0.4) is 0 Å². The van der Waals surface area contributed by atoms with Crippen molar-refractivity contribution in [3.8, 4) is 6.07 Å². The van der Waals surface area contributed by atoms with Crippen molar-refractivity contribution in [2.24, 2.45) is 5.41 Å². The topological polar surface area (TPSA) is 61.2 Å². The number of nitrogens with zero attached hydrogens (tertiary/aromatic N) is 2. The number of hydrogen-bond donors (Lipinski definition) is 0. The molecule has 0 saturated heterocycles. The van der Waals surface area contributed by atoms with Crippen molar-refractivity contribution in [3.05, 3.63) is 11.6 Å². The zero-order valence-electron chi connectivity index (χ0n) is 9.79. The third-order valence-corrected chi connectivity index (χ3v) is 1.75. The predicted octanol–water partition coefficient (Wildman–Crippen LogP) is 1.14. The highest BCUT2D eigenvalue weighted by Crippen LogP contribution is 2.19. The van der Waals surface area contributed by atoms with Crippen molar-refractivity contribution < 1.29 is 9.59 Å². The SMILES string of the molecule is CN(C)C(=O)/C=C(/C#N)C(=O)C(C)(C)C. The van der Waals surface area contributed by atoms with Crippen molar-refractivity contribution in [1.82, 2.24) is 4.90 Å². The van der Waals surface area contributed by atoms with Gasteiger partial charge in [0.25, 0.3) is 0 Å². The molecule has 0 aliphatic heterocycles. The van der Waals surface area contributed by atoms with E-state index in [0.29, 0.717) is 0 Å². The number of rotatable bonds is 2. The number of carbonyl (C=O) groups excluding carboxylic acids is 2. The maximum Gasteiger partial charge on any atom is 0.247 e. The van der Waals surface area contributed by atoms with Gasteiger partial charge < -0.3 is 4.90 Å². The summed E-state index contributed by atoms with van der Waals surface area (Å²) in [5.41, 5.74) is -0.741. The van der Waals surface area contributed by atoms with E-state index >= 15 is 0 Å². The van der Waals surface area contributed by atoms with Crippen LogP contribution in [0.1, 0.15) is 20.8 Å². The average molecular weight is 208 g/mol. The van der Waals surface area contributed by atoms with Gasteiger partial charge in [0.05, 0.1) is 0 Å². The van der Waals surface area contributed by atoms with E-state index in [1.54, 1.807) is 40.9 Å². The van der Waals surface area contributed by atoms with Crippen LogP contribution in [0, 0.1) is 16.7 Å². The number of amides is 1. The molecule has 0 rings (SSSR count). The number of ketones is 1. The number of hydrogen-bond acceptors (Lipinski definition) is 3. The Morgan fingerprint density at radius 1 is 1.27 bits per heavy atom. The summed E-state index contributed by atoms with van der Waals surface area (Å²) in [4.78, 5) is 24.3. The Morgan fingerprint density at radius 2 is 1.73 bits per heavy atom. The number of likely N-dealkylation sites (N-methyl/N-ethyl adjacent to an activating group) is 1. The first kappa shape index (κ1) is 13.4. The first-order valence-corrected chi connectivity index (χ1v) is 4.58. The minimum Gasteiger partial charge on any atom is -0.345 e. The molecule has 82 valence electrons. The third kappa shape index (κ3) is 3.94. The molecule has 15 heavy (non-hydrogen) atoms. The first-order chi connectivity index (χ1) is 6.70. The number of allylic oxidation sites excluding steroid dienone is 1. The van der Waals surface area contributed by atoms with Gasteiger partial charge in [-0.25, -0.2) is 0 Å². The van der Waals surface area contributed by atoms with Gasteiger partial charge in [0, 0.05) is 25.6 Å². The summed E-state index contributed by atoms with van der Waals surface area (Å²) in [5, 5.41) is 8.78. The highest BCUT2D eigenvalue weighted by atomic mass is 16.2. The molecule has 4 nitrogen and oxygen atoms in total. The van der Waals surface area contributed by atoms with Crippen molar-refractivity contribution in [3.63, 3.8) is 0 Å². The zero-order valence-corrected chi connectivity index (χ0v) is 9.79. The van der Waals surface area contributed by atoms with E-state index in [1.807, 2.05) is 0 Å². The van der Waals surface area contributed by atoms with E-state index in [1.165, 1.54) is 4.90 Å². The Labute approximate surface area is 90.2 Å². The predicted molar refractivity (Wildman–Crippen MR) is 56.9 cm³/mol. The van der Waals surface area contributed by atoms with E-state index in [-0.39, 0.29) is 17.3 Å². The van der Waals surface area contributed by atoms with E-state index in [2.05, 4.69) is 0 Å². The molecule has 1 amide bonds. The quantitative estimate of drug-likeness (QED) is 0.505. The van der Waals surface area contributed by atoms with Gasteiger partial charge in [-0.1, -0.05) is 20.8 Å². The molecule has 0 aliphatic rings. The van der Waals surface area contributed by atoms with Gasteiger partial charge in [-0.05, 0) is 0 Å². The minimum atomic E-state index is -0.645.